The molecule has 0 fully saturated rings. The fourth-order valence-electron chi connectivity index (χ4n) is 1.46. The minimum Gasteiger partial charge on any atom is -0.207 e. The van der Waals surface area contributed by atoms with Gasteiger partial charge in [-0.2, -0.15) is 30.7 Å². The predicted molar refractivity (Wildman–Crippen MR) is 51.9 cm³/mol. The molecular weight excluding hydrogens is 322 g/mol. The van der Waals surface area contributed by atoms with Crippen LogP contribution in [0.25, 0.3) is 11.7 Å². The van der Waals surface area contributed by atoms with E-state index in [1.54, 1.807) is 0 Å². The van der Waals surface area contributed by atoms with Crippen molar-refractivity contribution < 1.29 is 43.9 Å². The Balaban J connectivity index is 3.92. The van der Waals surface area contributed by atoms with Gasteiger partial charge < -0.3 is 0 Å². The molecule has 0 aliphatic heterocycles. The molecular formula is C11H2F10. The van der Waals surface area contributed by atoms with E-state index in [0.717, 1.165) is 0 Å². The van der Waals surface area contributed by atoms with Crippen molar-refractivity contribution in [3.63, 3.8) is 0 Å². The second-order valence-electron chi connectivity index (χ2n) is 3.52. The normalized spacial score (nSPS) is 11.3. The van der Waals surface area contributed by atoms with E-state index >= 15 is 0 Å². The van der Waals surface area contributed by atoms with Gasteiger partial charge in [0, 0.05) is 11.1 Å². The van der Waals surface area contributed by atoms with Gasteiger partial charge in [0.05, 0.1) is 5.56 Å². The molecule has 0 saturated heterocycles. The zero-order valence-corrected chi connectivity index (χ0v) is 9.43. The third kappa shape index (κ3) is 3.56. The molecule has 0 aliphatic carbocycles. The molecule has 21 heavy (non-hydrogen) atoms. The number of benzene rings is 1. The Labute approximate surface area is 110 Å². The zero-order chi connectivity index (χ0) is 16.5. The quantitative estimate of drug-likeness (QED) is 0.593. The summed E-state index contributed by atoms with van der Waals surface area (Å²) in [6.07, 6.45) is -12.2. The average Bonchev–Trinajstić information content (AvgIpc) is 2.33. The maximum atomic E-state index is 13.0. The maximum absolute atomic E-state index is 13.0. The summed E-state index contributed by atoms with van der Waals surface area (Å²) < 4.78 is 125. The summed E-state index contributed by atoms with van der Waals surface area (Å²) in [6, 6.07) is -0.603. The summed E-state index contributed by atoms with van der Waals surface area (Å²) in [7, 11) is 0. The SMILES string of the molecule is FC(F)=C(F)c1cc(F)cc(C(F)=C(F)F)c1C(F)(F)F. The topological polar surface area (TPSA) is 0 Å². The molecule has 0 saturated carbocycles. The van der Waals surface area contributed by atoms with E-state index < -0.39 is 52.5 Å². The predicted octanol–water partition coefficient (Wildman–Crippen LogP) is 5.91. The second-order valence-corrected chi connectivity index (χ2v) is 3.52. The number of hydrogen-bond acceptors (Lipinski definition) is 0. The van der Waals surface area contributed by atoms with Crippen molar-refractivity contribution in [1.82, 2.24) is 0 Å². The van der Waals surface area contributed by atoms with Gasteiger partial charge in [-0.15, -0.1) is 0 Å². The van der Waals surface area contributed by atoms with Crippen LogP contribution >= 0.6 is 0 Å². The molecule has 0 spiro atoms. The van der Waals surface area contributed by atoms with Gasteiger partial charge in [-0.05, 0) is 12.1 Å². The highest BCUT2D eigenvalue weighted by atomic mass is 19.4. The van der Waals surface area contributed by atoms with E-state index in [1.807, 2.05) is 0 Å². The lowest BCUT2D eigenvalue weighted by Gasteiger charge is -2.15. The number of rotatable bonds is 2. The largest absolute Gasteiger partial charge is 0.417 e. The Morgan fingerprint density at radius 2 is 1.05 bits per heavy atom. The average molecular weight is 324 g/mol. The molecule has 1 rings (SSSR count). The molecule has 116 valence electrons. The minimum absolute atomic E-state index is 0.301. The third-order valence-electron chi connectivity index (χ3n) is 2.19. The van der Waals surface area contributed by atoms with Crippen LogP contribution in [0.1, 0.15) is 16.7 Å². The van der Waals surface area contributed by atoms with Crippen LogP contribution in [0.3, 0.4) is 0 Å². The molecule has 0 bridgehead atoms. The molecule has 0 amide bonds. The monoisotopic (exact) mass is 324 g/mol. The fourth-order valence-corrected chi connectivity index (χ4v) is 1.46. The van der Waals surface area contributed by atoms with Crippen LogP contribution in [-0.2, 0) is 6.18 Å². The van der Waals surface area contributed by atoms with Crippen LogP contribution in [0, 0.1) is 5.82 Å². The smallest absolute Gasteiger partial charge is 0.207 e. The first-order valence-electron chi connectivity index (χ1n) is 4.79. The Morgan fingerprint density at radius 3 is 1.29 bits per heavy atom. The Kier molecular flexibility index (Phi) is 4.69. The van der Waals surface area contributed by atoms with Crippen molar-refractivity contribution in [1.29, 1.82) is 0 Å². The van der Waals surface area contributed by atoms with Gasteiger partial charge in [-0.25, -0.2) is 13.2 Å². The standard InChI is InChI=1S/C11H2F10/c12-3-1-4(7(13)9(15)16)6(11(19,20)21)5(2-3)8(14)10(17)18/h1-2H. The van der Waals surface area contributed by atoms with E-state index in [9.17, 15) is 43.9 Å². The summed E-state index contributed by atoms with van der Waals surface area (Å²) in [5, 5.41) is 0. The summed E-state index contributed by atoms with van der Waals surface area (Å²) in [4.78, 5) is 0. The van der Waals surface area contributed by atoms with Gasteiger partial charge in [0.1, 0.15) is 5.82 Å². The zero-order valence-electron chi connectivity index (χ0n) is 9.43. The van der Waals surface area contributed by atoms with Crippen molar-refractivity contribution >= 4 is 11.7 Å². The van der Waals surface area contributed by atoms with Crippen molar-refractivity contribution in [2.24, 2.45) is 0 Å². The van der Waals surface area contributed by atoms with E-state index in [0.29, 0.717) is 0 Å². The van der Waals surface area contributed by atoms with Crippen LogP contribution in [0.4, 0.5) is 43.9 Å². The fraction of sp³-hybridized carbons (Fsp3) is 0.0909. The highest BCUT2D eigenvalue weighted by Crippen LogP contribution is 2.42. The van der Waals surface area contributed by atoms with Crippen LogP contribution in [0.5, 0.6) is 0 Å². The number of alkyl halides is 3. The van der Waals surface area contributed by atoms with Crippen molar-refractivity contribution in [2.45, 2.75) is 6.18 Å². The van der Waals surface area contributed by atoms with E-state index in [-0.39, 0.29) is 12.1 Å². The third-order valence-corrected chi connectivity index (χ3v) is 2.19. The van der Waals surface area contributed by atoms with Gasteiger partial charge in [0.25, 0.3) is 0 Å². The van der Waals surface area contributed by atoms with E-state index in [4.69, 9.17) is 0 Å². The molecule has 0 nitrogen and oxygen atoms in total. The maximum Gasteiger partial charge on any atom is 0.417 e. The van der Waals surface area contributed by atoms with Gasteiger partial charge in [-0.1, -0.05) is 0 Å². The van der Waals surface area contributed by atoms with Crippen LogP contribution in [0.2, 0.25) is 0 Å². The molecule has 0 atom stereocenters. The van der Waals surface area contributed by atoms with Crippen LogP contribution < -0.4 is 0 Å². The summed E-state index contributed by atoms with van der Waals surface area (Å²) >= 11 is 0. The molecule has 1 aromatic carbocycles. The van der Waals surface area contributed by atoms with Gasteiger partial charge >= 0.3 is 18.3 Å². The summed E-state index contributed by atoms with van der Waals surface area (Å²) in [5.74, 6) is -7.40. The Hall–Kier alpha value is -2.00. The number of hydrogen-bond donors (Lipinski definition) is 0. The van der Waals surface area contributed by atoms with Gasteiger partial charge in [-0.3, -0.25) is 0 Å². The lowest BCUT2D eigenvalue weighted by atomic mass is 9.98. The lowest BCUT2D eigenvalue weighted by molar-refractivity contribution is -0.138. The summed E-state index contributed by atoms with van der Waals surface area (Å²) in [5.41, 5.74) is -6.62. The van der Waals surface area contributed by atoms with Crippen LogP contribution in [0.15, 0.2) is 24.3 Å². The molecule has 0 aromatic heterocycles. The van der Waals surface area contributed by atoms with Crippen LogP contribution in [-0.4, -0.2) is 0 Å². The first kappa shape index (κ1) is 17.1. The Bertz CT molecular complexity index is 569. The molecule has 1 aromatic rings. The second kappa shape index (κ2) is 5.78. The molecule has 0 radical (unpaired) electrons. The van der Waals surface area contributed by atoms with Gasteiger partial charge in [0.15, 0.2) is 11.7 Å². The molecule has 0 N–H and O–H groups in total. The van der Waals surface area contributed by atoms with Gasteiger partial charge in [0.2, 0.25) is 0 Å². The lowest BCUT2D eigenvalue weighted by Crippen LogP contribution is -2.13. The molecule has 0 aliphatic rings. The minimum atomic E-state index is -5.68. The highest BCUT2D eigenvalue weighted by Gasteiger charge is 2.40. The van der Waals surface area contributed by atoms with E-state index in [1.165, 1.54) is 0 Å². The first-order valence-corrected chi connectivity index (χ1v) is 4.79. The first-order chi connectivity index (χ1) is 9.46. The highest BCUT2D eigenvalue weighted by molar-refractivity contribution is 5.73. The van der Waals surface area contributed by atoms with E-state index in [2.05, 4.69) is 0 Å². The molecule has 0 unspecified atom stereocenters. The van der Waals surface area contributed by atoms with Crippen molar-refractivity contribution in [3.05, 3.63) is 46.8 Å². The summed E-state index contributed by atoms with van der Waals surface area (Å²) in [6.45, 7) is 0. The molecule has 0 heterocycles. The van der Waals surface area contributed by atoms with Crippen molar-refractivity contribution in [2.75, 3.05) is 0 Å². The van der Waals surface area contributed by atoms with Crippen molar-refractivity contribution in [3.8, 4) is 0 Å². The number of halogens is 10. The molecule has 10 heteroatoms. The Morgan fingerprint density at radius 1 is 0.714 bits per heavy atom.